The number of methoxy groups -OCH3 is 1. The molecule has 0 fully saturated rings. The number of nitrogens with one attached hydrogen (secondary N) is 1. The van der Waals surface area contributed by atoms with Gasteiger partial charge in [-0.1, -0.05) is 30.3 Å². The van der Waals surface area contributed by atoms with E-state index in [0.29, 0.717) is 24.0 Å². The summed E-state index contributed by atoms with van der Waals surface area (Å²) in [6, 6.07) is 22.9. The summed E-state index contributed by atoms with van der Waals surface area (Å²) in [5.41, 5.74) is 2.34. The van der Waals surface area contributed by atoms with E-state index < -0.39 is 0 Å². The molecule has 6 heteroatoms. The minimum Gasteiger partial charge on any atom is -0.497 e. The van der Waals surface area contributed by atoms with Crippen LogP contribution in [0.3, 0.4) is 0 Å². The number of amides is 1. The zero-order chi connectivity index (χ0) is 22.5. The maximum Gasteiger partial charge on any atom is 0.258 e. The van der Waals surface area contributed by atoms with Gasteiger partial charge >= 0.3 is 0 Å². The van der Waals surface area contributed by atoms with Crippen LogP contribution in [0.2, 0.25) is 0 Å². The Morgan fingerprint density at radius 1 is 1.00 bits per heavy atom. The fourth-order valence-electron chi connectivity index (χ4n) is 3.54. The number of hydrogen-bond acceptors (Lipinski definition) is 4. The van der Waals surface area contributed by atoms with Gasteiger partial charge in [-0.15, -0.1) is 11.8 Å². The zero-order valence-electron chi connectivity index (χ0n) is 18.0. The van der Waals surface area contributed by atoms with Crippen molar-refractivity contribution in [2.75, 3.05) is 13.4 Å². The van der Waals surface area contributed by atoms with Crippen molar-refractivity contribution in [3.63, 3.8) is 0 Å². The minimum atomic E-state index is -0.225. The second kappa shape index (κ2) is 9.75. The van der Waals surface area contributed by atoms with E-state index in [4.69, 9.17) is 4.74 Å². The van der Waals surface area contributed by atoms with Crippen molar-refractivity contribution in [1.82, 2.24) is 9.88 Å². The lowest BCUT2D eigenvalue weighted by molar-refractivity contribution is 0.0951. The number of hydrogen-bond donors (Lipinski definition) is 1. The average molecular weight is 445 g/mol. The fourth-order valence-corrected chi connectivity index (χ4v) is 3.95. The lowest BCUT2D eigenvalue weighted by Crippen LogP contribution is -2.24. The fraction of sp³-hybridized carbons (Fsp3) is 0.154. The highest BCUT2D eigenvalue weighted by Gasteiger charge is 2.10. The van der Waals surface area contributed by atoms with E-state index in [-0.39, 0.29) is 11.5 Å². The molecule has 0 spiro atoms. The highest BCUT2D eigenvalue weighted by atomic mass is 32.2. The molecule has 162 valence electrons. The number of carbonyl (C=O) groups is 1. The van der Waals surface area contributed by atoms with Crippen molar-refractivity contribution < 1.29 is 9.53 Å². The number of ether oxygens (including phenoxy) is 1. The monoisotopic (exact) mass is 444 g/mol. The molecule has 0 aliphatic carbocycles. The summed E-state index contributed by atoms with van der Waals surface area (Å²) in [5, 5.41) is 4.25. The summed E-state index contributed by atoms with van der Waals surface area (Å²) in [4.78, 5) is 27.0. The maximum absolute atomic E-state index is 13.1. The van der Waals surface area contributed by atoms with Gasteiger partial charge in [0, 0.05) is 28.6 Å². The van der Waals surface area contributed by atoms with Gasteiger partial charge in [0.05, 0.1) is 13.7 Å². The molecule has 4 aromatic rings. The predicted octanol–water partition coefficient (Wildman–Crippen LogP) is 4.71. The molecule has 1 N–H and O–H groups in total. The quantitative estimate of drug-likeness (QED) is 0.420. The molecule has 0 aliphatic heterocycles. The van der Waals surface area contributed by atoms with Crippen LogP contribution in [-0.4, -0.2) is 23.8 Å². The molecule has 5 nitrogen and oxygen atoms in total. The molecule has 3 aromatic carbocycles. The Balaban J connectivity index is 1.54. The van der Waals surface area contributed by atoms with E-state index in [1.807, 2.05) is 54.8 Å². The highest BCUT2D eigenvalue weighted by molar-refractivity contribution is 7.98. The largest absolute Gasteiger partial charge is 0.497 e. The summed E-state index contributed by atoms with van der Waals surface area (Å²) >= 11 is 1.68. The molecule has 0 saturated heterocycles. The van der Waals surface area contributed by atoms with Crippen LogP contribution in [0.25, 0.3) is 10.8 Å². The van der Waals surface area contributed by atoms with E-state index in [9.17, 15) is 9.59 Å². The van der Waals surface area contributed by atoms with Gasteiger partial charge in [-0.2, -0.15) is 0 Å². The molecular formula is C26H24N2O3S. The molecule has 0 radical (unpaired) electrons. The summed E-state index contributed by atoms with van der Waals surface area (Å²) < 4.78 is 6.90. The Labute approximate surface area is 191 Å². The van der Waals surface area contributed by atoms with Crippen LogP contribution in [0.15, 0.2) is 88.7 Å². The van der Waals surface area contributed by atoms with E-state index in [2.05, 4.69) is 17.4 Å². The molecule has 32 heavy (non-hydrogen) atoms. The van der Waals surface area contributed by atoms with Crippen molar-refractivity contribution in [2.45, 2.75) is 18.0 Å². The molecule has 0 unspecified atom stereocenters. The first-order chi connectivity index (χ1) is 15.6. The Bertz CT molecular complexity index is 1310. The van der Waals surface area contributed by atoms with Gasteiger partial charge in [-0.05, 0) is 65.2 Å². The third-order valence-corrected chi connectivity index (χ3v) is 6.08. The summed E-state index contributed by atoms with van der Waals surface area (Å²) in [6.07, 6.45) is 3.84. The molecule has 0 bridgehead atoms. The zero-order valence-corrected chi connectivity index (χ0v) is 18.8. The van der Waals surface area contributed by atoms with Gasteiger partial charge in [0.15, 0.2) is 0 Å². The van der Waals surface area contributed by atoms with Crippen LogP contribution in [0.5, 0.6) is 5.75 Å². The van der Waals surface area contributed by atoms with Gasteiger partial charge in [-0.25, -0.2) is 0 Å². The third-order valence-electron chi connectivity index (χ3n) is 5.34. The normalized spacial score (nSPS) is 10.8. The second-order valence-electron chi connectivity index (χ2n) is 7.43. The van der Waals surface area contributed by atoms with Gasteiger partial charge in [-0.3, -0.25) is 9.59 Å². The van der Waals surface area contributed by atoms with Crippen LogP contribution >= 0.6 is 11.8 Å². The first-order valence-electron chi connectivity index (χ1n) is 10.2. The summed E-state index contributed by atoms with van der Waals surface area (Å²) in [6.45, 7) is 0.856. The summed E-state index contributed by atoms with van der Waals surface area (Å²) in [7, 11) is 1.61. The molecule has 1 aromatic heterocycles. The number of aromatic nitrogens is 1. The van der Waals surface area contributed by atoms with Crippen molar-refractivity contribution in [3.8, 4) is 5.75 Å². The molecule has 1 heterocycles. The molecule has 1 amide bonds. The number of pyridine rings is 1. The van der Waals surface area contributed by atoms with Gasteiger partial charge in [0.2, 0.25) is 0 Å². The Kier molecular flexibility index (Phi) is 6.61. The number of thioether (sulfide) groups is 1. The molecule has 0 aliphatic rings. The van der Waals surface area contributed by atoms with Crippen LogP contribution in [0.4, 0.5) is 0 Å². The van der Waals surface area contributed by atoms with Crippen molar-refractivity contribution >= 4 is 28.4 Å². The highest BCUT2D eigenvalue weighted by Crippen LogP contribution is 2.17. The van der Waals surface area contributed by atoms with Crippen molar-refractivity contribution in [1.29, 1.82) is 0 Å². The first-order valence-corrected chi connectivity index (χ1v) is 11.5. The molecule has 0 atom stereocenters. The Morgan fingerprint density at radius 3 is 2.56 bits per heavy atom. The van der Waals surface area contributed by atoms with Gasteiger partial charge in [0.25, 0.3) is 11.5 Å². The number of carbonyl (C=O) groups excluding carboxylic acids is 1. The van der Waals surface area contributed by atoms with Crippen LogP contribution in [0.1, 0.15) is 21.5 Å². The van der Waals surface area contributed by atoms with E-state index >= 15 is 0 Å². The number of nitrogens with zero attached hydrogens (tertiary/aromatic N) is 1. The Hall–Kier alpha value is -3.51. The topological polar surface area (TPSA) is 60.3 Å². The minimum absolute atomic E-state index is 0.112. The molecule has 0 saturated carbocycles. The van der Waals surface area contributed by atoms with E-state index in [0.717, 1.165) is 22.3 Å². The van der Waals surface area contributed by atoms with Crippen LogP contribution in [0, 0.1) is 0 Å². The second-order valence-corrected chi connectivity index (χ2v) is 8.31. The van der Waals surface area contributed by atoms with Crippen molar-refractivity contribution in [3.05, 3.63) is 106 Å². The first kappa shape index (κ1) is 21.7. The lowest BCUT2D eigenvalue weighted by Gasteiger charge is -2.10. The molecular weight excluding hydrogens is 420 g/mol. The van der Waals surface area contributed by atoms with Crippen molar-refractivity contribution in [2.24, 2.45) is 0 Å². The van der Waals surface area contributed by atoms with E-state index in [1.54, 1.807) is 41.8 Å². The van der Waals surface area contributed by atoms with Gasteiger partial charge < -0.3 is 14.6 Å². The standard InChI is InChI=1S/C26H24N2O3S/c1-31-22-5-3-4-19(14-22)16-27-25(29)21-9-8-20-12-13-28(26(30)24(20)15-21)17-18-6-10-23(32-2)11-7-18/h3-15H,16-17H2,1-2H3,(H,27,29). The average Bonchev–Trinajstić information content (AvgIpc) is 2.84. The van der Waals surface area contributed by atoms with Crippen LogP contribution in [-0.2, 0) is 13.1 Å². The van der Waals surface area contributed by atoms with E-state index in [1.165, 1.54) is 4.90 Å². The predicted molar refractivity (Wildman–Crippen MR) is 130 cm³/mol. The lowest BCUT2D eigenvalue weighted by atomic mass is 10.1. The SMILES string of the molecule is COc1cccc(CNC(=O)c2ccc3ccn(Cc4ccc(SC)cc4)c(=O)c3c2)c1. The number of fused-ring (bicyclic) bond motifs is 1. The number of benzene rings is 3. The summed E-state index contributed by atoms with van der Waals surface area (Å²) in [5.74, 6) is 0.517. The molecule has 4 rings (SSSR count). The van der Waals surface area contributed by atoms with Gasteiger partial charge in [0.1, 0.15) is 5.75 Å². The maximum atomic E-state index is 13.1. The third kappa shape index (κ3) is 4.86. The smallest absolute Gasteiger partial charge is 0.258 e. The van der Waals surface area contributed by atoms with Crippen LogP contribution < -0.4 is 15.6 Å². The number of rotatable bonds is 7. The Morgan fingerprint density at radius 2 is 1.81 bits per heavy atom.